The third-order valence-electron chi connectivity index (χ3n) is 3.02. The highest BCUT2D eigenvalue weighted by atomic mass is 32.2. The molecule has 22 heavy (non-hydrogen) atoms. The monoisotopic (exact) mass is 328 g/mol. The molecule has 0 fully saturated rings. The van der Waals surface area contributed by atoms with Crippen molar-refractivity contribution in [3.8, 4) is 0 Å². The molecule has 1 atom stereocenters. The molecule has 1 aromatic carbocycles. The zero-order valence-electron chi connectivity index (χ0n) is 12.5. The minimum absolute atomic E-state index is 0.0176. The summed E-state index contributed by atoms with van der Waals surface area (Å²) in [5.41, 5.74) is 0.271. The molecule has 3 N–H and O–H groups in total. The van der Waals surface area contributed by atoms with Crippen LogP contribution in [0.15, 0.2) is 29.2 Å². The number of hydrogen-bond donors (Lipinski definition) is 3. The van der Waals surface area contributed by atoms with Crippen molar-refractivity contribution in [1.82, 2.24) is 10.0 Å². The molecule has 122 valence electrons. The first-order valence-electron chi connectivity index (χ1n) is 6.88. The molecule has 8 heteroatoms. The fourth-order valence-corrected chi connectivity index (χ4v) is 2.91. The first-order valence-corrected chi connectivity index (χ1v) is 8.37. The summed E-state index contributed by atoms with van der Waals surface area (Å²) in [7, 11) is -3.60. The first-order chi connectivity index (χ1) is 10.3. The molecule has 0 aliphatic heterocycles. The van der Waals surface area contributed by atoms with Crippen LogP contribution in [0.2, 0.25) is 0 Å². The molecule has 0 aliphatic rings. The molecule has 0 saturated heterocycles. The molecule has 0 spiro atoms. The van der Waals surface area contributed by atoms with Crippen molar-refractivity contribution in [1.29, 1.82) is 0 Å². The maximum Gasteiger partial charge on any atom is 0.305 e. The van der Waals surface area contributed by atoms with Gasteiger partial charge in [0.2, 0.25) is 10.0 Å². The largest absolute Gasteiger partial charge is 0.481 e. The van der Waals surface area contributed by atoms with Crippen molar-refractivity contribution in [2.24, 2.45) is 0 Å². The van der Waals surface area contributed by atoms with Gasteiger partial charge in [0, 0.05) is 18.2 Å². The topological polar surface area (TPSA) is 113 Å². The normalized spacial score (nSPS) is 12.6. The van der Waals surface area contributed by atoms with Gasteiger partial charge in [-0.15, -0.1) is 0 Å². The van der Waals surface area contributed by atoms with Gasteiger partial charge in [0.15, 0.2) is 0 Å². The Labute approximate surface area is 129 Å². The van der Waals surface area contributed by atoms with Crippen LogP contribution in [-0.4, -0.2) is 38.0 Å². The first kappa shape index (κ1) is 18.1. The maximum atomic E-state index is 12.1. The molecule has 1 unspecified atom stereocenters. The molecule has 1 amide bonds. The minimum Gasteiger partial charge on any atom is -0.481 e. The van der Waals surface area contributed by atoms with Gasteiger partial charge in [-0.3, -0.25) is 9.59 Å². The van der Waals surface area contributed by atoms with Crippen molar-refractivity contribution in [3.05, 3.63) is 29.8 Å². The molecule has 1 rings (SSSR count). The van der Waals surface area contributed by atoms with Gasteiger partial charge >= 0.3 is 5.97 Å². The van der Waals surface area contributed by atoms with Gasteiger partial charge in [0.05, 0.1) is 11.3 Å². The fourth-order valence-electron chi connectivity index (χ4n) is 1.59. The Balaban J connectivity index is 2.74. The van der Waals surface area contributed by atoms with Gasteiger partial charge in [-0.1, -0.05) is 6.92 Å². The second-order valence-electron chi connectivity index (χ2n) is 4.85. The Morgan fingerprint density at radius 1 is 1.23 bits per heavy atom. The van der Waals surface area contributed by atoms with Gasteiger partial charge in [0.25, 0.3) is 5.91 Å². The van der Waals surface area contributed by atoms with Crippen LogP contribution in [-0.2, 0) is 14.8 Å². The van der Waals surface area contributed by atoms with Gasteiger partial charge in [-0.25, -0.2) is 13.1 Å². The van der Waals surface area contributed by atoms with Crippen LogP contribution in [0.1, 0.15) is 37.0 Å². The number of hydrogen-bond acceptors (Lipinski definition) is 4. The summed E-state index contributed by atoms with van der Waals surface area (Å²) in [6.07, 6.45) is 0.500. The summed E-state index contributed by atoms with van der Waals surface area (Å²) in [6, 6.07) is 5.29. The van der Waals surface area contributed by atoms with Gasteiger partial charge < -0.3 is 10.4 Å². The second kappa shape index (κ2) is 7.90. The molecule has 0 aromatic heterocycles. The molecule has 0 radical (unpaired) electrons. The van der Waals surface area contributed by atoms with E-state index in [9.17, 15) is 18.0 Å². The zero-order valence-corrected chi connectivity index (χ0v) is 13.3. The van der Waals surface area contributed by atoms with Gasteiger partial charge in [-0.2, -0.15) is 0 Å². The Hall–Kier alpha value is -1.93. The quantitative estimate of drug-likeness (QED) is 0.658. The van der Waals surface area contributed by atoms with Crippen LogP contribution in [0.25, 0.3) is 0 Å². The van der Waals surface area contributed by atoms with E-state index in [-0.39, 0.29) is 29.5 Å². The number of rotatable bonds is 8. The Morgan fingerprint density at radius 2 is 1.82 bits per heavy atom. The van der Waals surface area contributed by atoms with Crippen LogP contribution in [0.5, 0.6) is 0 Å². The number of carbonyl (C=O) groups is 2. The predicted molar refractivity (Wildman–Crippen MR) is 81.1 cm³/mol. The standard InChI is InChI=1S/C14H20N2O5S/c1-3-10(2)16-22(20,21)12-6-4-11(5-7-12)14(19)15-9-8-13(17)18/h4-7,10,16H,3,8-9H2,1-2H3,(H,15,19)(H,17,18). The number of benzene rings is 1. The van der Waals surface area contributed by atoms with E-state index in [1.54, 1.807) is 6.92 Å². The summed E-state index contributed by atoms with van der Waals surface area (Å²) >= 11 is 0. The molecule has 0 bridgehead atoms. The highest BCUT2D eigenvalue weighted by Crippen LogP contribution is 2.11. The van der Waals surface area contributed by atoms with Gasteiger partial charge in [0.1, 0.15) is 0 Å². The van der Waals surface area contributed by atoms with Crippen molar-refractivity contribution >= 4 is 21.9 Å². The summed E-state index contributed by atoms with van der Waals surface area (Å²) in [5, 5.41) is 10.9. The summed E-state index contributed by atoms with van der Waals surface area (Å²) in [5.74, 6) is -1.45. The molecule has 0 saturated carbocycles. The van der Waals surface area contributed by atoms with E-state index in [2.05, 4.69) is 10.0 Å². The van der Waals surface area contributed by atoms with Crippen molar-refractivity contribution in [3.63, 3.8) is 0 Å². The van der Waals surface area contributed by atoms with Crippen LogP contribution in [0, 0.1) is 0 Å². The highest BCUT2D eigenvalue weighted by Gasteiger charge is 2.17. The fraction of sp³-hybridized carbons (Fsp3) is 0.429. The third kappa shape index (κ3) is 5.45. The second-order valence-corrected chi connectivity index (χ2v) is 6.57. The molecular formula is C14H20N2O5S. The van der Waals surface area contributed by atoms with Crippen molar-refractivity contribution in [2.45, 2.75) is 37.6 Å². The van der Waals surface area contributed by atoms with Gasteiger partial charge in [-0.05, 0) is 37.6 Å². The van der Waals surface area contributed by atoms with Crippen molar-refractivity contribution < 1.29 is 23.1 Å². The lowest BCUT2D eigenvalue weighted by molar-refractivity contribution is -0.136. The van der Waals surface area contributed by atoms with Crippen molar-refractivity contribution in [2.75, 3.05) is 6.54 Å². The lowest BCUT2D eigenvalue weighted by Crippen LogP contribution is -2.32. The third-order valence-corrected chi connectivity index (χ3v) is 4.63. The molecule has 7 nitrogen and oxygen atoms in total. The molecular weight excluding hydrogens is 308 g/mol. The summed E-state index contributed by atoms with van der Waals surface area (Å²) < 4.78 is 26.6. The molecule has 0 aliphatic carbocycles. The summed E-state index contributed by atoms with van der Waals surface area (Å²) in [6.45, 7) is 3.66. The van der Waals surface area contributed by atoms with Crippen LogP contribution >= 0.6 is 0 Å². The van der Waals surface area contributed by atoms with E-state index in [4.69, 9.17) is 5.11 Å². The number of carboxylic acid groups (broad SMARTS) is 1. The Kier molecular flexibility index (Phi) is 6.51. The average molecular weight is 328 g/mol. The summed E-state index contributed by atoms with van der Waals surface area (Å²) in [4.78, 5) is 22.2. The van der Waals surface area contributed by atoms with E-state index >= 15 is 0 Å². The average Bonchev–Trinajstić information content (AvgIpc) is 2.46. The smallest absolute Gasteiger partial charge is 0.305 e. The Morgan fingerprint density at radius 3 is 2.32 bits per heavy atom. The van der Waals surface area contributed by atoms with Crippen LogP contribution in [0.3, 0.4) is 0 Å². The maximum absolute atomic E-state index is 12.1. The highest BCUT2D eigenvalue weighted by molar-refractivity contribution is 7.89. The lowest BCUT2D eigenvalue weighted by Gasteiger charge is -2.12. The minimum atomic E-state index is -3.60. The SMILES string of the molecule is CCC(C)NS(=O)(=O)c1ccc(C(=O)NCCC(=O)O)cc1. The number of sulfonamides is 1. The van der Waals surface area contributed by atoms with E-state index in [1.807, 2.05) is 6.92 Å². The molecule has 0 heterocycles. The van der Waals surface area contributed by atoms with E-state index in [0.717, 1.165) is 0 Å². The number of carbonyl (C=O) groups excluding carboxylic acids is 1. The number of carboxylic acids is 1. The van der Waals surface area contributed by atoms with E-state index in [1.165, 1.54) is 24.3 Å². The number of nitrogens with one attached hydrogen (secondary N) is 2. The Bertz CT molecular complexity index is 625. The van der Waals surface area contributed by atoms with E-state index < -0.39 is 21.9 Å². The molecule has 1 aromatic rings. The van der Waals surface area contributed by atoms with Crippen LogP contribution in [0.4, 0.5) is 0 Å². The zero-order chi connectivity index (χ0) is 16.8. The van der Waals surface area contributed by atoms with Crippen LogP contribution < -0.4 is 10.0 Å². The number of aliphatic carboxylic acids is 1. The predicted octanol–water partition coefficient (Wildman–Crippen LogP) is 0.968. The van der Waals surface area contributed by atoms with E-state index in [0.29, 0.717) is 6.42 Å². The lowest BCUT2D eigenvalue weighted by atomic mass is 10.2. The number of amides is 1.